The normalized spacial score (nSPS) is 0.750. The van der Waals surface area contributed by atoms with Gasteiger partial charge < -0.3 is 0 Å². The molecule has 4 heavy (non-hydrogen) atoms. The van der Waals surface area contributed by atoms with E-state index in [4.69, 9.17) is 2.85 Å². The van der Waals surface area contributed by atoms with Gasteiger partial charge in [-0.2, -0.15) is 0 Å². The van der Waals surface area contributed by atoms with E-state index < -0.39 is 0 Å². The van der Waals surface area contributed by atoms with Crippen LogP contribution < -0.4 is 0 Å². The van der Waals surface area contributed by atoms with Crippen LogP contribution in [0.5, 0.6) is 0 Å². The van der Waals surface area contributed by atoms with E-state index in [2.05, 4.69) is 0 Å². The maximum absolute atomic E-state index is 8.42. The van der Waals surface area contributed by atoms with Gasteiger partial charge in [-0.3, -0.25) is 0 Å². The van der Waals surface area contributed by atoms with Crippen LogP contribution in [0.25, 0.3) is 0 Å². The SMILES string of the molecule is [O]=[InH].[SiH4].[Zn]. The van der Waals surface area contributed by atoms with Crippen molar-refractivity contribution in [3.63, 3.8) is 0 Å². The quantitative estimate of drug-likeness (QED) is 0.430. The third-order valence-electron chi connectivity index (χ3n) is 0. The molecule has 0 saturated carbocycles. The van der Waals surface area contributed by atoms with Crippen molar-refractivity contribution in [2.24, 2.45) is 0 Å². The Kier molecular flexibility index (Phi) is 108. The van der Waals surface area contributed by atoms with E-state index in [1.54, 1.807) is 0 Å². The van der Waals surface area contributed by atoms with Crippen LogP contribution in [-0.4, -0.2) is 35.3 Å². The second-order valence-corrected chi connectivity index (χ2v) is 0. The largest absolute Gasteiger partial charge is 0.0149 e. The Morgan fingerprint density at radius 1 is 1.25 bits per heavy atom. The van der Waals surface area contributed by atoms with Gasteiger partial charge in [0, 0.05) is 19.5 Å². The van der Waals surface area contributed by atoms with Gasteiger partial charge in [-0.1, -0.05) is 0 Å². The molecule has 0 unspecified atom stereocenters. The zero-order valence-electron chi connectivity index (χ0n) is 1.82. The van der Waals surface area contributed by atoms with E-state index in [0.717, 1.165) is 0 Å². The third kappa shape index (κ3) is 9.70. The predicted octanol–water partition coefficient (Wildman–Crippen LogP) is -2.22. The van der Waals surface area contributed by atoms with Gasteiger partial charge in [0.25, 0.3) is 0 Å². The average Bonchev–Trinajstić information content (AvgIpc) is 1.00. The summed E-state index contributed by atoms with van der Waals surface area (Å²) in [5.41, 5.74) is 0. The molecule has 0 bridgehead atoms. The Labute approximate surface area is 57.3 Å². The maximum Gasteiger partial charge on any atom is 0 e. The van der Waals surface area contributed by atoms with Gasteiger partial charge in [0.15, 0.2) is 0 Å². The Hall–Kier alpha value is 1.51. The first-order chi connectivity index (χ1) is 1.00. The van der Waals surface area contributed by atoms with Crippen molar-refractivity contribution >= 4 is 35.3 Å². The minimum Gasteiger partial charge on any atom is -0.0149 e. The molecule has 0 spiro atoms. The molecule has 0 aliphatic rings. The Bertz CT molecular complexity index is 8.00. The number of rotatable bonds is 0. The van der Waals surface area contributed by atoms with E-state index in [0.29, 0.717) is 0 Å². The summed E-state index contributed by atoms with van der Waals surface area (Å²) in [7, 11) is 0. The third-order valence-corrected chi connectivity index (χ3v) is 0. The van der Waals surface area contributed by atoms with Crippen LogP contribution in [-0.2, 0) is 22.3 Å². The molecule has 0 aliphatic heterocycles. The van der Waals surface area contributed by atoms with Crippen LogP contribution in [0, 0.1) is 0 Å². The fourth-order valence-electron chi connectivity index (χ4n) is 0. The molecule has 0 rings (SSSR count). The van der Waals surface area contributed by atoms with E-state index in [1.165, 1.54) is 0 Å². The average molecular weight is 229 g/mol. The first-order valence-electron chi connectivity index (χ1n) is 0.289. The summed E-state index contributed by atoms with van der Waals surface area (Å²) in [4.78, 5) is 0. The van der Waals surface area contributed by atoms with E-state index in [9.17, 15) is 0 Å². The Balaban J connectivity index is -0.00000000500. The molecule has 1 nitrogen and oxygen atoms in total. The molecule has 0 N–H and O–H groups in total. The van der Waals surface area contributed by atoms with Crippen LogP contribution in [0.15, 0.2) is 0 Å². The predicted molar refractivity (Wildman–Crippen MR) is 19.2 cm³/mol. The molecule has 0 aromatic carbocycles. The second-order valence-electron chi connectivity index (χ2n) is 0. The smallest absolute Gasteiger partial charge is 0 e. The standard InChI is InChI=1S/In.O.H4Si.Zn.H/h;;1H4;;. The molecule has 0 aromatic heterocycles. The minimum atomic E-state index is -0.1000. The maximum atomic E-state index is 8.42. The van der Waals surface area contributed by atoms with Crippen molar-refractivity contribution in [2.75, 3.05) is 0 Å². The van der Waals surface area contributed by atoms with Crippen molar-refractivity contribution in [1.82, 2.24) is 0 Å². The van der Waals surface area contributed by atoms with Crippen LogP contribution >= 0.6 is 0 Å². The molecular formula is H5InOSiZn. The van der Waals surface area contributed by atoms with Gasteiger partial charge in [-0.25, -0.2) is 0 Å². The van der Waals surface area contributed by atoms with Gasteiger partial charge >= 0.3 is 27.2 Å². The molecule has 0 aliphatic carbocycles. The molecule has 0 fully saturated rings. The molecule has 4 heteroatoms. The van der Waals surface area contributed by atoms with E-state index >= 15 is 0 Å². The van der Waals surface area contributed by atoms with Gasteiger partial charge in [0.05, 0.1) is 0 Å². The summed E-state index contributed by atoms with van der Waals surface area (Å²) in [5.74, 6) is 0. The van der Waals surface area contributed by atoms with E-state index in [-0.39, 0.29) is 54.8 Å². The van der Waals surface area contributed by atoms with Crippen LogP contribution in [0.1, 0.15) is 0 Å². The summed E-state index contributed by atoms with van der Waals surface area (Å²) in [6, 6.07) is 0. The van der Waals surface area contributed by atoms with Crippen molar-refractivity contribution < 1.29 is 22.3 Å². The Morgan fingerprint density at radius 2 is 1.25 bits per heavy atom. The number of hydrogen-bond donors (Lipinski definition) is 0. The second kappa shape index (κ2) is 24.4. The van der Waals surface area contributed by atoms with Crippen molar-refractivity contribution in [2.45, 2.75) is 0 Å². The summed E-state index contributed by atoms with van der Waals surface area (Å²) < 4.78 is 8.42. The zero-order valence-corrected chi connectivity index (χ0v) is 8.83. The first-order valence-corrected chi connectivity index (χ1v) is 1.94. The zero-order chi connectivity index (χ0) is 2.00. The van der Waals surface area contributed by atoms with Crippen molar-refractivity contribution in [3.8, 4) is 0 Å². The first kappa shape index (κ1) is 17.8. The molecule has 0 radical (unpaired) electrons. The monoisotopic (exact) mass is 228 g/mol. The fourth-order valence-corrected chi connectivity index (χ4v) is 0. The molecular weight excluding hydrogens is 224 g/mol. The molecule has 20 valence electrons. The fraction of sp³-hybridized carbons (Fsp3) is 0. The number of hydrogen-bond acceptors (Lipinski definition) is 1. The minimum absolute atomic E-state index is 0. The van der Waals surface area contributed by atoms with Gasteiger partial charge in [-0.15, -0.1) is 0 Å². The van der Waals surface area contributed by atoms with Crippen LogP contribution in [0.2, 0.25) is 0 Å². The molecule has 0 atom stereocenters. The van der Waals surface area contributed by atoms with Crippen LogP contribution in [0.3, 0.4) is 0 Å². The molecule has 0 saturated heterocycles. The summed E-state index contributed by atoms with van der Waals surface area (Å²) in [6.07, 6.45) is 0. The van der Waals surface area contributed by atoms with Gasteiger partial charge in [0.1, 0.15) is 0 Å². The molecule has 0 amide bonds. The van der Waals surface area contributed by atoms with Crippen LogP contribution in [0.4, 0.5) is 0 Å². The van der Waals surface area contributed by atoms with Crippen molar-refractivity contribution in [1.29, 1.82) is 0 Å². The summed E-state index contributed by atoms with van der Waals surface area (Å²) in [6.45, 7) is 0. The van der Waals surface area contributed by atoms with Crippen molar-refractivity contribution in [3.05, 3.63) is 0 Å². The van der Waals surface area contributed by atoms with E-state index in [1.807, 2.05) is 0 Å². The van der Waals surface area contributed by atoms with Gasteiger partial charge in [-0.05, 0) is 11.0 Å². The topological polar surface area (TPSA) is 17.1 Å². The Morgan fingerprint density at radius 3 is 1.25 bits per heavy atom. The molecule has 0 heterocycles. The molecule has 0 aromatic rings. The van der Waals surface area contributed by atoms with Gasteiger partial charge in [0.2, 0.25) is 0 Å². The summed E-state index contributed by atoms with van der Waals surface area (Å²) in [5, 5.41) is 0. The summed E-state index contributed by atoms with van der Waals surface area (Å²) >= 11 is -0.1000.